The van der Waals surface area contributed by atoms with Gasteiger partial charge in [-0.05, 0) is 87.4 Å². The standard InChI is InChI=1S/C36H58O9/c1-20(9-8-13-32(2,3)43)21-12-14-35(7)30-24(44-31-29(42)28(41)27(40)25(18-37)45-31)17-23-22(10-11-26(39)33(23,4)5)36(30,19-38)16-15-34(21,35)6/h8,13,17,19-22,24-31,37,39-43H,9-12,14-16,18H2,1-7H3. The fourth-order valence-electron chi connectivity index (χ4n) is 10.7. The third kappa shape index (κ3) is 5.51. The summed E-state index contributed by atoms with van der Waals surface area (Å²) in [7, 11) is 0. The number of ether oxygens (including phenoxy) is 2. The van der Waals surface area contributed by atoms with E-state index in [1.807, 2.05) is 19.9 Å². The summed E-state index contributed by atoms with van der Waals surface area (Å²) in [6.45, 7) is 14.0. The lowest BCUT2D eigenvalue weighted by Crippen LogP contribution is -2.66. The van der Waals surface area contributed by atoms with Gasteiger partial charge in [0.05, 0.1) is 24.4 Å². The molecule has 14 atom stereocenters. The van der Waals surface area contributed by atoms with E-state index in [0.29, 0.717) is 31.1 Å². The van der Waals surface area contributed by atoms with Crippen molar-refractivity contribution in [2.45, 2.75) is 142 Å². The van der Waals surface area contributed by atoms with Gasteiger partial charge in [-0.1, -0.05) is 58.4 Å². The van der Waals surface area contributed by atoms with E-state index in [1.165, 1.54) is 6.29 Å². The highest BCUT2D eigenvalue weighted by molar-refractivity contribution is 5.65. The fraction of sp³-hybridized carbons (Fsp3) is 0.861. The first-order valence-corrected chi connectivity index (χ1v) is 17.1. The molecular formula is C36H58O9. The van der Waals surface area contributed by atoms with Gasteiger partial charge in [-0.3, -0.25) is 0 Å². The van der Waals surface area contributed by atoms with Crippen molar-refractivity contribution in [2.24, 2.45) is 45.3 Å². The Bertz CT molecular complexity index is 1160. The maximum Gasteiger partial charge on any atom is 0.187 e. The highest BCUT2D eigenvalue weighted by atomic mass is 16.7. The predicted octanol–water partition coefficient (Wildman–Crippen LogP) is 3.28. The Labute approximate surface area is 268 Å². The van der Waals surface area contributed by atoms with E-state index in [4.69, 9.17) is 9.47 Å². The van der Waals surface area contributed by atoms with E-state index in [2.05, 4.69) is 32.9 Å². The second-order valence-electron chi connectivity index (χ2n) is 16.7. The molecule has 9 heteroatoms. The SMILES string of the molecule is CC(CC=CC(C)(C)O)C1CCC2(C)C3C(OC4OC(CO)C(O)C(O)C4O)C=C4C(CCC(O)C4(C)C)C3(C=O)CCC12C. The van der Waals surface area contributed by atoms with E-state index >= 15 is 0 Å². The van der Waals surface area contributed by atoms with Gasteiger partial charge in [0.2, 0.25) is 0 Å². The summed E-state index contributed by atoms with van der Waals surface area (Å²) < 4.78 is 12.5. The molecule has 4 aliphatic carbocycles. The molecule has 45 heavy (non-hydrogen) atoms. The third-order valence-electron chi connectivity index (χ3n) is 13.5. The van der Waals surface area contributed by atoms with Crippen molar-refractivity contribution >= 4 is 6.29 Å². The molecule has 0 aromatic heterocycles. The van der Waals surface area contributed by atoms with Crippen LogP contribution < -0.4 is 0 Å². The van der Waals surface area contributed by atoms with Crippen LogP contribution >= 0.6 is 0 Å². The normalized spacial score (nSPS) is 48.7. The van der Waals surface area contributed by atoms with Crippen molar-refractivity contribution in [3.05, 3.63) is 23.8 Å². The average Bonchev–Trinajstić information content (AvgIpc) is 3.25. The molecule has 3 saturated carbocycles. The smallest absolute Gasteiger partial charge is 0.187 e. The van der Waals surface area contributed by atoms with E-state index in [1.54, 1.807) is 13.8 Å². The van der Waals surface area contributed by atoms with Crippen molar-refractivity contribution in [3.8, 4) is 0 Å². The largest absolute Gasteiger partial charge is 0.394 e. The van der Waals surface area contributed by atoms with Gasteiger partial charge in [0, 0.05) is 16.7 Å². The minimum atomic E-state index is -1.57. The van der Waals surface area contributed by atoms with E-state index in [-0.39, 0.29) is 22.7 Å². The van der Waals surface area contributed by atoms with Crippen LogP contribution in [-0.2, 0) is 14.3 Å². The molecule has 0 aromatic rings. The molecule has 256 valence electrons. The molecule has 0 bridgehead atoms. The molecule has 5 rings (SSSR count). The Balaban J connectivity index is 1.58. The fourth-order valence-corrected chi connectivity index (χ4v) is 10.7. The lowest BCUT2D eigenvalue weighted by atomic mass is 9.38. The molecule has 1 saturated heterocycles. The van der Waals surface area contributed by atoms with E-state index in [0.717, 1.165) is 31.3 Å². The Morgan fingerprint density at radius 2 is 1.69 bits per heavy atom. The number of carbonyl (C=O) groups is 1. The second kappa shape index (κ2) is 12.1. The highest BCUT2D eigenvalue weighted by Gasteiger charge is 2.71. The molecule has 9 nitrogen and oxygen atoms in total. The van der Waals surface area contributed by atoms with Gasteiger partial charge in [-0.2, -0.15) is 0 Å². The average molecular weight is 635 g/mol. The third-order valence-corrected chi connectivity index (χ3v) is 13.5. The van der Waals surface area contributed by atoms with E-state index in [9.17, 15) is 35.4 Å². The van der Waals surface area contributed by atoms with Crippen LogP contribution in [0.15, 0.2) is 23.8 Å². The monoisotopic (exact) mass is 634 g/mol. The summed E-state index contributed by atoms with van der Waals surface area (Å²) in [5.74, 6) is 0.405. The van der Waals surface area contributed by atoms with E-state index < -0.39 is 66.0 Å². The van der Waals surface area contributed by atoms with Gasteiger partial charge in [-0.25, -0.2) is 0 Å². The lowest BCUT2D eigenvalue weighted by molar-refractivity contribution is -0.321. The topological polar surface area (TPSA) is 157 Å². The number of aldehydes is 1. The first-order chi connectivity index (χ1) is 20.9. The van der Waals surface area contributed by atoms with Crippen LogP contribution in [0, 0.1) is 45.3 Å². The van der Waals surface area contributed by atoms with Crippen LogP contribution in [0.1, 0.15) is 93.4 Å². The summed E-state index contributed by atoms with van der Waals surface area (Å²) in [6, 6.07) is 0. The number of aliphatic hydroxyl groups excluding tert-OH is 5. The van der Waals surface area contributed by atoms with Gasteiger partial charge in [0.25, 0.3) is 0 Å². The molecule has 1 aliphatic heterocycles. The summed E-state index contributed by atoms with van der Waals surface area (Å²) in [5.41, 5.74) is -1.68. The van der Waals surface area contributed by atoms with Crippen molar-refractivity contribution in [1.82, 2.24) is 0 Å². The van der Waals surface area contributed by atoms with Crippen molar-refractivity contribution in [3.63, 3.8) is 0 Å². The number of allylic oxidation sites excluding steroid dienone is 1. The molecule has 0 spiro atoms. The van der Waals surface area contributed by atoms with Crippen LogP contribution in [0.4, 0.5) is 0 Å². The van der Waals surface area contributed by atoms with Gasteiger partial charge in [-0.15, -0.1) is 0 Å². The molecule has 0 aromatic carbocycles. The summed E-state index contributed by atoms with van der Waals surface area (Å²) in [5, 5.41) is 63.2. The summed E-state index contributed by atoms with van der Waals surface area (Å²) in [4.78, 5) is 13.7. The number of rotatable bonds is 8. The Kier molecular flexibility index (Phi) is 9.42. The quantitative estimate of drug-likeness (QED) is 0.174. The minimum absolute atomic E-state index is 0.0550. The zero-order chi connectivity index (χ0) is 33.3. The zero-order valence-electron chi connectivity index (χ0n) is 28.2. The van der Waals surface area contributed by atoms with Crippen LogP contribution in [0.25, 0.3) is 0 Å². The first-order valence-electron chi connectivity index (χ1n) is 17.1. The van der Waals surface area contributed by atoms with Crippen LogP contribution in [0.5, 0.6) is 0 Å². The molecule has 4 fully saturated rings. The Morgan fingerprint density at radius 1 is 1.00 bits per heavy atom. The van der Waals surface area contributed by atoms with Crippen LogP contribution in [-0.4, -0.2) is 92.0 Å². The highest BCUT2D eigenvalue weighted by Crippen LogP contribution is 2.75. The minimum Gasteiger partial charge on any atom is -0.394 e. The number of hydrogen-bond acceptors (Lipinski definition) is 9. The Hall–Kier alpha value is -1.17. The van der Waals surface area contributed by atoms with Crippen molar-refractivity contribution in [1.29, 1.82) is 0 Å². The molecule has 6 N–H and O–H groups in total. The first kappa shape index (κ1) is 35.1. The number of fused-ring (bicyclic) bond motifs is 5. The molecule has 14 unspecified atom stereocenters. The number of hydrogen-bond donors (Lipinski definition) is 6. The molecular weight excluding hydrogens is 576 g/mol. The number of aliphatic hydroxyl groups is 6. The molecule has 1 heterocycles. The summed E-state index contributed by atoms with van der Waals surface area (Å²) >= 11 is 0. The van der Waals surface area contributed by atoms with Gasteiger partial charge >= 0.3 is 0 Å². The summed E-state index contributed by atoms with van der Waals surface area (Å²) in [6.07, 6.45) is 4.43. The lowest BCUT2D eigenvalue weighted by Gasteiger charge is -2.66. The van der Waals surface area contributed by atoms with Gasteiger partial charge in [0.1, 0.15) is 30.7 Å². The van der Waals surface area contributed by atoms with Gasteiger partial charge < -0.3 is 44.9 Å². The molecule has 5 aliphatic rings. The number of carbonyl (C=O) groups excluding carboxylic acids is 1. The molecule has 0 amide bonds. The second-order valence-corrected chi connectivity index (χ2v) is 16.7. The Morgan fingerprint density at radius 3 is 2.31 bits per heavy atom. The van der Waals surface area contributed by atoms with Crippen LogP contribution in [0.2, 0.25) is 0 Å². The zero-order valence-corrected chi connectivity index (χ0v) is 28.2. The maximum absolute atomic E-state index is 13.7. The van der Waals surface area contributed by atoms with Crippen molar-refractivity contribution in [2.75, 3.05) is 6.61 Å². The molecule has 0 radical (unpaired) electrons. The maximum atomic E-state index is 13.7. The van der Waals surface area contributed by atoms with Gasteiger partial charge in [0.15, 0.2) is 6.29 Å². The van der Waals surface area contributed by atoms with Crippen molar-refractivity contribution < 1.29 is 44.9 Å². The van der Waals surface area contributed by atoms with Crippen LogP contribution in [0.3, 0.4) is 0 Å². The predicted molar refractivity (Wildman–Crippen MR) is 169 cm³/mol.